The monoisotopic (exact) mass is 358 g/mol. The van der Waals surface area contributed by atoms with Crippen molar-refractivity contribution < 1.29 is 4.79 Å². The van der Waals surface area contributed by atoms with Gasteiger partial charge in [0.15, 0.2) is 0 Å². The highest BCUT2D eigenvalue weighted by Gasteiger charge is 2.31. The molecule has 0 radical (unpaired) electrons. The highest BCUT2D eigenvalue weighted by Crippen LogP contribution is 2.34. The van der Waals surface area contributed by atoms with Gasteiger partial charge in [-0.3, -0.25) is 9.69 Å². The third kappa shape index (κ3) is 3.30. The lowest BCUT2D eigenvalue weighted by Gasteiger charge is -2.36. The Labute approximate surface area is 153 Å². The SMILES string of the molecule is C[C@H]1CC[C@H](c2ccc3sc(C4CN(C)CC(=O)N4C)nc3c2)NC1. The molecular weight excluding hydrogens is 332 g/mol. The lowest BCUT2D eigenvalue weighted by molar-refractivity contribution is -0.137. The Balaban J connectivity index is 1.61. The van der Waals surface area contributed by atoms with Gasteiger partial charge in [-0.1, -0.05) is 13.0 Å². The van der Waals surface area contributed by atoms with Crippen LogP contribution in [0.5, 0.6) is 0 Å². The minimum absolute atomic E-state index is 0.0563. The molecule has 2 saturated heterocycles. The Bertz CT molecular complexity index is 781. The Kier molecular flexibility index (Phi) is 4.52. The maximum Gasteiger partial charge on any atom is 0.237 e. The smallest absolute Gasteiger partial charge is 0.237 e. The summed E-state index contributed by atoms with van der Waals surface area (Å²) >= 11 is 1.72. The molecule has 2 fully saturated rings. The molecular formula is C19H26N4OS. The van der Waals surface area contributed by atoms with Gasteiger partial charge in [0, 0.05) is 19.6 Å². The number of rotatable bonds is 2. The van der Waals surface area contributed by atoms with Crippen molar-refractivity contribution in [3.8, 4) is 0 Å². The first-order valence-electron chi connectivity index (χ1n) is 9.09. The molecule has 1 unspecified atom stereocenters. The van der Waals surface area contributed by atoms with E-state index in [4.69, 9.17) is 4.98 Å². The minimum Gasteiger partial charge on any atom is -0.334 e. The Hall–Kier alpha value is -1.50. The van der Waals surface area contributed by atoms with Crippen LogP contribution in [0.4, 0.5) is 0 Å². The molecule has 1 amide bonds. The van der Waals surface area contributed by atoms with Gasteiger partial charge in [0.2, 0.25) is 5.91 Å². The van der Waals surface area contributed by atoms with Crippen LogP contribution in [0, 0.1) is 5.92 Å². The number of nitrogens with one attached hydrogen (secondary N) is 1. The van der Waals surface area contributed by atoms with Crippen molar-refractivity contribution in [1.82, 2.24) is 20.1 Å². The van der Waals surface area contributed by atoms with E-state index in [-0.39, 0.29) is 11.9 Å². The van der Waals surface area contributed by atoms with Crippen molar-refractivity contribution in [2.45, 2.75) is 31.8 Å². The van der Waals surface area contributed by atoms with Gasteiger partial charge < -0.3 is 10.2 Å². The number of fused-ring (bicyclic) bond motifs is 1. The molecule has 0 saturated carbocycles. The van der Waals surface area contributed by atoms with E-state index in [1.807, 2.05) is 19.0 Å². The van der Waals surface area contributed by atoms with Crippen LogP contribution in [0.3, 0.4) is 0 Å². The standard InChI is InChI=1S/C19H26N4OS/c1-12-4-6-14(20-9-12)13-5-7-17-15(8-13)21-19(25-17)16-10-22(2)11-18(24)23(16)3/h5,7-8,12,14,16,20H,4,6,9-11H2,1-3H3/t12-,14+,16?/m0/s1. The van der Waals surface area contributed by atoms with Gasteiger partial charge in [-0.15, -0.1) is 11.3 Å². The summed E-state index contributed by atoms with van der Waals surface area (Å²) in [4.78, 5) is 21.0. The number of piperidine rings is 1. The Morgan fingerprint density at radius 1 is 1.28 bits per heavy atom. The highest BCUT2D eigenvalue weighted by molar-refractivity contribution is 7.18. The second-order valence-corrected chi connectivity index (χ2v) is 8.70. The number of hydrogen-bond acceptors (Lipinski definition) is 5. The normalized spacial score (nSPS) is 28.7. The van der Waals surface area contributed by atoms with Crippen LogP contribution in [0.2, 0.25) is 0 Å². The molecule has 3 heterocycles. The van der Waals surface area contributed by atoms with Crippen molar-refractivity contribution in [3.05, 3.63) is 28.8 Å². The fraction of sp³-hybridized carbons (Fsp3) is 0.579. The maximum absolute atomic E-state index is 12.1. The summed E-state index contributed by atoms with van der Waals surface area (Å²) in [6.45, 7) is 4.73. The average Bonchev–Trinajstić information content (AvgIpc) is 3.01. The highest BCUT2D eigenvalue weighted by atomic mass is 32.1. The quantitative estimate of drug-likeness (QED) is 0.897. The van der Waals surface area contributed by atoms with Crippen LogP contribution in [0.1, 0.15) is 42.4 Å². The van der Waals surface area contributed by atoms with Crippen molar-refractivity contribution >= 4 is 27.5 Å². The molecule has 5 nitrogen and oxygen atoms in total. The first kappa shape index (κ1) is 16.9. The average molecular weight is 359 g/mol. The summed E-state index contributed by atoms with van der Waals surface area (Å²) in [5.41, 5.74) is 2.40. The van der Waals surface area contributed by atoms with E-state index in [1.54, 1.807) is 11.3 Å². The van der Waals surface area contributed by atoms with Gasteiger partial charge in [0.1, 0.15) is 5.01 Å². The fourth-order valence-corrected chi connectivity index (χ4v) is 4.93. The fourth-order valence-electron chi connectivity index (χ4n) is 3.85. The molecule has 134 valence electrons. The largest absolute Gasteiger partial charge is 0.334 e. The molecule has 1 aromatic heterocycles. The zero-order chi connectivity index (χ0) is 17.6. The van der Waals surface area contributed by atoms with Crippen LogP contribution in [0.15, 0.2) is 18.2 Å². The molecule has 1 N–H and O–H groups in total. The van der Waals surface area contributed by atoms with Crippen molar-refractivity contribution in [1.29, 1.82) is 0 Å². The van der Waals surface area contributed by atoms with Crippen molar-refractivity contribution in [2.75, 3.05) is 33.7 Å². The van der Waals surface area contributed by atoms with E-state index >= 15 is 0 Å². The van der Waals surface area contributed by atoms with E-state index in [0.29, 0.717) is 12.6 Å². The Morgan fingerprint density at radius 2 is 2.12 bits per heavy atom. The van der Waals surface area contributed by atoms with Gasteiger partial charge in [-0.05, 0) is 50.0 Å². The third-order valence-corrected chi connectivity index (χ3v) is 6.66. The second-order valence-electron chi connectivity index (χ2n) is 7.64. The number of likely N-dealkylation sites (N-methyl/N-ethyl adjacent to an activating group) is 2. The summed E-state index contributed by atoms with van der Waals surface area (Å²) in [7, 11) is 3.89. The molecule has 25 heavy (non-hydrogen) atoms. The molecule has 0 bridgehead atoms. The topological polar surface area (TPSA) is 48.5 Å². The van der Waals surface area contributed by atoms with Crippen molar-refractivity contribution in [2.24, 2.45) is 5.92 Å². The molecule has 0 aliphatic carbocycles. The minimum atomic E-state index is 0.0563. The number of hydrogen-bond donors (Lipinski definition) is 1. The molecule has 2 aliphatic rings. The maximum atomic E-state index is 12.1. The number of amides is 1. The molecule has 6 heteroatoms. The number of piperazine rings is 1. The van der Waals surface area contributed by atoms with Crippen molar-refractivity contribution in [3.63, 3.8) is 0 Å². The zero-order valence-electron chi connectivity index (χ0n) is 15.2. The summed E-state index contributed by atoms with van der Waals surface area (Å²) in [5.74, 6) is 0.932. The number of carbonyl (C=O) groups is 1. The molecule has 4 rings (SSSR count). The van der Waals surface area contributed by atoms with E-state index in [1.165, 1.54) is 23.1 Å². The predicted octanol–water partition coefficient (Wildman–Crippen LogP) is 2.80. The van der Waals surface area contributed by atoms with E-state index in [2.05, 4.69) is 35.3 Å². The van der Waals surface area contributed by atoms with Crippen LogP contribution >= 0.6 is 11.3 Å². The van der Waals surface area contributed by atoms with E-state index in [0.717, 1.165) is 29.5 Å². The number of nitrogens with zero attached hydrogens (tertiary/aromatic N) is 3. The van der Waals surface area contributed by atoms with Crippen LogP contribution < -0.4 is 5.32 Å². The predicted molar refractivity (Wildman–Crippen MR) is 102 cm³/mol. The van der Waals surface area contributed by atoms with Crippen LogP contribution in [-0.4, -0.2) is 54.4 Å². The van der Waals surface area contributed by atoms with Crippen LogP contribution in [-0.2, 0) is 4.79 Å². The summed E-state index contributed by atoms with van der Waals surface area (Å²) < 4.78 is 1.21. The first-order chi connectivity index (χ1) is 12.0. The summed E-state index contributed by atoms with van der Waals surface area (Å²) in [6.07, 6.45) is 2.47. The van der Waals surface area contributed by atoms with Gasteiger partial charge in [0.05, 0.1) is 22.8 Å². The molecule has 2 aliphatic heterocycles. The number of thiazole rings is 1. The number of benzene rings is 1. The molecule has 0 spiro atoms. The second kappa shape index (κ2) is 6.67. The van der Waals surface area contributed by atoms with Crippen LogP contribution in [0.25, 0.3) is 10.2 Å². The third-order valence-electron chi connectivity index (χ3n) is 5.53. The first-order valence-corrected chi connectivity index (χ1v) is 9.91. The molecule has 1 aromatic carbocycles. The van der Waals surface area contributed by atoms with Gasteiger partial charge in [-0.25, -0.2) is 4.98 Å². The molecule has 2 aromatic rings. The summed E-state index contributed by atoms with van der Waals surface area (Å²) in [5, 5.41) is 4.70. The summed E-state index contributed by atoms with van der Waals surface area (Å²) in [6, 6.07) is 7.16. The number of aromatic nitrogens is 1. The van der Waals surface area contributed by atoms with Gasteiger partial charge in [-0.2, -0.15) is 0 Å². The van der Waals surface area contributed by atoms with Gasteiger partial charge in [0.25, 0.3) is 0 Å². The van der Waals surface area contributed by atoms with Gasteiger partial charge >= 0.3 is 0 Å². The molecule has 3 atom stereocenters. The number of carbonyl (C=O) groups excluding carboxylic acids is 1. The van der Waals surface area contributed by atoms with E-state index in [9.17, 15) is 4.79 Å². The Morgan fingerprint density at radius 3 is 2.88 bits per heavy atom. The lowest BCUT2D eigenvalue weighted by Crippen LogP contribution is -2.48. The zero-order valence-corrected chi connectivity index (χ0v) is 16.0. The lowest BCUT2D eigenvalue weighted by atomic mass is 9.92. The van der Waals surface area contributed by atoms with E-state index < -0.39 is 0 Å².